The molecule has 0 aliphatic rings. The molecule has 0 amide bonds. The number of aromatic nitrogens is 5. The zero-order chi connectivity index (χ0) is 26.7. The first kappa shape index (κ1) is 26.2. The van der Waals surface area contributed by atoms with Crippen molar-refractivity contribution in [3.63, 3.8) is 0 Å². The van der Waals surface area contributed by atoms with Crippen molar-refractivity contribution in [1.82, 2.24) is 24.3 Å². The molecule has 0 saturated carbocycles. The van der Waals surface area contributed by atoms with E-state index >= 15 is 0 Å². The monoisotopic (exact) mass is 540 g/mol. The number of thiophene rings is 1. The van der Waals surface area contributed by atoms with Gasteiger partial charge in [0.15, 0.2) is 11.5 Å². The maximum atomic E-state index is 13.2. The van der Waals surface area contributed by atoms with E-state index in [0.717, 1.165) is 4.88 Å². The normalized spacial score (nSPS) is 11.4. The number of carbonyl (C=O) groups is 2. The number of methoxy groups -OCH3 is 1. The van der Waals surface area contributed by atoms with Crippen molar-refractivity contribution in [3.8, 4) is 17.0 Å². The minimum Gasteiger partial charge on any atom is -0.491 e. The second-order valence-corrected chi connectivity index (χ2v) is 11.0. The molecule has 0 aliphatic heterocycles. The molecule has 0 aliphatic carbocycles. The predicted molar refractivity (Wildman–Crippen MR) is 142 cm³/mol. The molecule has 12 heteroatoms. The number of hydrogen-bond donors (Lipinski definition) is 1. The van der Waals surface area contributed by atoms with E-state index in [0.29, 0.717) is 28.0 Å². The topological polar surface area (TPSA) is 121 Å². The number of pyridine rings is 1. The van der Waals surface area contributed by atoms with Crippen LogP contribution in [0.5, 0.6) is 5.75 Å². The molecule has 1 N–H and O–H groups in total. The highest BCUT2D eigenvalue weighted by atomic mass is 35.5. The van der Waals surface area contributed by atoms with Crippen molar-refractivity contribution in [2.75, 3.05) is 12.4 Å². The van der Waals surface area contributed by atoms with Crippen molar-refractivity contribution in [1.29, 1.82) is 0 Å². The van der Waals surface area contributed by atoms with E-state index in [4.69, 9.17) is 16.3 Å². The molecule has 0 spiro atoms. The third-order valence-corrected chi connectivity index (χ3v) is 6.61. The van der Waals surface area contributed by atoms with E-state index in [-0.39, 0.29) is 29.5 Å². The molecule has 0 bridgehead atoms. The lowest BCUT2D eigenvalue weighted by atomic mass is 9.96. The van der Waals surface area contributed by atoms with Crippen LogP contribution in [0.25, 0.3) is 11.3 Å². The number of ketones is 1. The maximum absolute atomic E-state index is 13.2. The van der Waals surface area contributed by atoms with Gasteiger partial charge in [-0.15, -0.1) is 11.3 Å². The van der Waals surface area contributed by atoms with Gasteiger partial charge in [0.25, 0.3) is 11.5 Å². The van der Waals surface area contributed by atoms with Crippen LogP contribution in [-0.4, -0.2) is 43.1 Å². The zero-order valence-electron chi connectivity index (χ0n) is 20.7. The van der Waals surface area contributed by atoms with Crippen LogP contribution in [0.2, 0.25) is 4.34 Å². The number of rotatable bonds is 8. The second-order valence-electron chi connectivity index (χ2n) is 9.22. The minimum atomic E-state index is -0.702. The summed E-state index contributed by atoms with van der Waals surface area (Å²) >= 11 is 7.48. The first-order valence-corrected chi connectivity index (χ1v) is 12.5. The number of hydrogen-bond acceptors (Lipinski definition) is 9. The number of ether oxygens (including phenoxy) is 1. The fraction of sp³-hybridized carbons (Fsp3) is 0.280. The average Bonchev–Trinajstić information content (AvgIpc) is 3.49. The van der Waals surface area contributed by atoms with Crippen molar-refractivity contribution in [2.45, 2.75) is 33.9 Å². The average molecular weight is 541 g/mol. The summed E-state index contributed by atoms with van der Waals surface area (Å²) in [6.45, 7) is 5.61. The van der Waals surface area contributed by atoms with Crippen LogP contribution in [0, 0.1) is 5.41 Å². The Morgan fingerprint density at radius 3 is 2.51 bits per heavy atom. The number of halogens is 1. The van der Waals surface area contributed by atoms with Crippen molar-refractivity contribution < 1.29 is 14.3 Å². The van der Waals surface area contributed by atoms with E-state index in [1.807, 2.05) is 32.9 Å². The quantitative estimate of drug-likeness (QED) is 0.326. The maximum Gasteiger partial charge on any atom is 0.293 e. The molecule has 37 heavy (non-hydrogen) atoms. The van der Waals surface area contributed by atoms with Gasteiger partial charge < -0.3 is 14.6 Å². The molecule has 0 unspecified atom stereocenters. The van der Waals surface area contributed by atoms with Gasteiger partial charge in [0.2, 0.25) is 0 Å². The summed E-state index contributed by atoms with van der Waals surface area (Å²) in [5, 5.41) is 7.81. The molecule has 0 radical (unpaired) electrons. The summed E-state index contributed by atoms with van der Waals surface area (Å²) in [4.78, 5) is 47.5. The molecule has 192 valence electrons. The van der Waals surface area contributed by atoms with E-state index in [1.54, 1.807) is 6.07 Å². The fourth-order valence-corrected chi connectivity index (χ4v) is 4.47. The Bertz CT molecular complexity index is 1500. The van der Waals surface area contributed by atoms with Gasteiger partial charge in [0.05, 0.1) is 35.8 Å². The molecule has 0 aromatic carbocycles. The van der Waals surface area contributed by atoms with Crippen LogP contribution in [0.3, 0.4) is 0 Å². The molecule has 4 rings (SSSR count). The van der Waals surface area contributed by atoms with Gasteiger partial charge in [0, 0.05) is 40.5 Å². The molecule has 0 saturated heterocycles. The Balaban J connectivity index is 1.73. The van der Waals surface area contributed by atoms with E-state index in [2.05, 4.69) is 20.4 Å². The summed E-state index contributed by atoms with van der Waals surface area (Å²) in [7, 11) is 1.37. The third kappa shape index (κ3) is 5.95. The molecular formula is C25H25ClN6O4S. The van der Waals surface area contributed by atoms with Crippen LogP contribution >= 0.6 is 22.9 Å². The van der Waals surface area contributed by atoms with Gasteiger partial charge in [0.1, 0.15) is 12.1 Å². The number of nitrogens with one attached hydrogen (secondary N) is 1. The first-order valence-electron chi connectivity index (χ1n) is 11.3. The fourth-order valence-electron chi connectivity index (χ4n) is 3.45. The molecule has 0 atom stereocenters. The van der Waals surface area contributed by atoms with Gasteiger partial charge >= 0.3 is 0 Å². The molecule has 4 heterocycles. The van der Waals surface area contributed by atoms with Crippen molar-refractivity contribution in [2.24, 2.45) is 5.41 Å². The summed E-state index contributed by atoms with van der Waals surface area (Å²) in [5.41, 5.74) is 0.0173. The largest absolute Gasteiger partial charge is 0.491 e. The second kappa shape index (κ2) is 10.7. The number of carbonyl (C=O) groups excluding carboxylic acids is 2. The van der Waals surface area contributed by atoms with Crippen LogP contribution in [-0.2, 0) is 13.1 Å². The number of Topliss-reactive ketones (excluding diaryl/α,β-unsaturated/α-hetero) is 1. The summed E-state index contributed by atoms with van der Waals surface area (Å²) in [5.74, 6) is -0.0416. The Hall–Kier alpha value is -3.83. The van der Waals surface area contributed by atoms with E-state index in [1.165, 1.54) is 58.7 Å². The minimum absolute atomic E-state index is 0.0362. The Morgan fingerprint density at radius 1 is 1.16 bits per heavy atom. The Labute approximate surface area is 221 Å². The van der Waals surface area contributed by atoms with E-state index in [9.17, 15) is 14.4 Å². The lowest BCUT2D eigenvalue weighted by Gasteiger charge is -2.18. The SMILES string of the molecule is COc1cc(-c2cc(NCc3ccc(Cl)s3)n(C(=O)C(C)(C)C)n2)cn(CC(=O)c2cncnc2)c1=O. The number of nitrogens with zero attached hydrogens (tertiary/aromatic N) is 5. The van der Waals surface area contributed by atoms with Crippen LogP contribution in [0.15, 0.2) is 54.0 Å². The van der Waals surface area contributed by atoms with Gasteiger partial charge in [-0.05, 0) is 18.2 Å². The predicted octanol–water partition coefficient (Wildman–Crippen LogP) is 4.41. The summed E-state index contributed by atoms with van der Waals surface area (Å²) < 4.78 is 8.52. The van der Waals surface area contributed by atoms with Gasteiger partial charge in [-0.1, -0.05) is 32.4 Å². The molecule has 4 aromatic heterocycles. The summed E-state index contributed by atoms with van der Waals surface area (Å²) in [6, 6.07) is 6.97. The van der Waals surface area contributed by atoms with Gasteiger partial charge in [-0.3, -0.25) is 14.4 Å². The van der Waals surface area contributed by atoms with E-state index < -0.39 is 11.0 Å². The lowest BCUT2D eigenvalue weighted by molar-refractivity contribution is 0.0752. The van der Waals surface area contributed by atoms with Gasteiger partial charge in [-0.2, -0.15) is 9.78 Å². The standard InChI is InChI=1S/C25H25ClN6O4S/c1-25(2,3)24(35)32-22(29-11-17-5-6-21(26)37-17)8-18(30-32)15-7-20(36-4)23(34)31(12-15)13-19(33)16-9-27-14-28-10-16/h5-10,12,14,29H,11,13H2,1-4H3. The van der Waals surface area contributed by atoms with Gasteiger partial charge in [-0.25, -0.2) is 9.97 Å². The van der Waals surface area contributed by atoms with Crippen LogP contribution < -0.4 is 15.6 Å². The Morgan fingerprint density at radius 2 is 1.89 bits per heavy atom. The molecule has 0 fully saturated rings. The smallest absolute Gasteiger partial charge is 0.293 e. The molecular weight excluding hydrogens is 516 g/mol. The highest BCUT2D eigenvalue weighted by Crippen LogP contribution is 2.28. The third-order valence-electron chi connectivity index (χ3n) is 5.38. The lowest BCUT2D eigenvalue weighted by Crippen LogP contribution is -2.28. The highest BCUT2D eigenvalue weighted by Gasteiger charge is 2.27. The first-order chi connectivity index (χ1) is 17.6. The molecule has 4 aromatic rings. The van der Waals surface area contributed by atoms with Crippen LogP contribution in [0.1, 0.15) is 40.8 Å². The van der Waals surface area contributed by atoms with Crippen LogP contribution in [0.4, 0.5) is 5.82 Å². The molecule has 10 nitrogen and oxygen atoms in total. The number of anilines is 1. The Kier molecular flexibility index (Phi) is 7.55. The highest BCUT2D eigenvalue weighted by molar-refractivity contribution is 7.16. The summed E-state index contributed by atoms with van der Waals surface area (Å²) in [6.07, 6.45) is 5.62. The van der Waals surface area contributed by atoms with Crippen molar-refractivity contribution >= 4 is 40.4 Å². The van der Waals surface area contributed by atoms with Crippen molar-refractivity contribution in [3.05, 3.63) is 74.3 Å². The zero-order valence-corrected chi connectivity index (χ0v) is 22.3.